The van der Waals surface area contributed by atoms with Crippen molar-refractivity contribution in [2.24, 2.45) is 0 Å². The third kappa shape index (κ3) is 1.97. The van der Waals surface area contributed by atoms with Crippen LogP contribution in [0.4, 0.5) is 0 Å². The van der Waals surface area contributed by atoms with Gasteiger partial charge in [0.15, 0.2) is 23.1 Å². The normalized spacial score (nSPS) is 11.2. The third-order valence-corrected chi connectivity index (χ3v) is 3.71. The average molecular weight is 311 g/mol. The van der Waals surface area contributed by atoms with Gasteiger partial charge in [0.25, 0.3) is 5.56 Å². The van der Waals surface area contributed by atoms with E-state index in [1.165, 1.54) is 6.26 Å². The number of methoxy groups -OCH3 is 2. The minimum Gasteiger partial charge on any atom is -0.493 e. The lowest BCUT2D eigenvalue weighted by molar-refractivity contribution is 0.356. The van der Waals surface area contributed by atoms with Gasteiger partial charge in [0, 0.05) is 11.5 Å². The van der Waals surface area contributed by atoms with Crippen LogP contribution in [0.3, 0.4) is 0 Å². The van der Waals surface area contributed by atoms with Crippen LogP contribution in [0.15, 0.2) is 39.7 Å². The van der Waals surface area contributed by atoms with Crippen LogP contribution in [0, 0.1) is 0 Å². The third-order valence-electron chi connectivity index (χ3n) is 3.71. The van der Waals surface area contributed by atoms with Crippen molar-refractivity contribution in [2.45, 2.75) is 0 Å². The first kappa shape index (κ1) is 13.4. The molecule has 0 aliphatic carbocycles. The molecule has 3 aromatic heterocycles. The maximum absolute atomic E-state index is 12.3. The van der Waals surface area contributed by atoms with E-state index in [9.17, 15) is 4.79 Å². The Morgan fingerprint density at radius 1 is 1.13 bits per heavy atom. The quantitative estimate of drug-likeness (QED) is 0.607. The van der Waals surface area contributed by atoms with Gasteiger partial charge in [-0.3, -0.25) is 4.79 Å². The zero-order valence-corrected chi connectivity index (χ0v) is 12.5. The van der Waals surface area contributed by atoms with Gasteiger partial charge in [-0.25, -0.2) is 4.98 Å². The van der Waals surface area contributed by atoms with Gasteiger partial charge in [-0.15, -0.1) is 0 Å². The van der Waals surface area contributed by atoms with Crippen molar-refractivity contribution in [1.82, 2.24) is 15.0 Å². The number of nitrogens with one attached hydrogen (secondary N) is 2. The SMILES string of the molecule is COc1cc2[nH]c3c(=O)[nH]c(-c4ccco4)nc3c2cc1OC. The van der Waals surface area contributed by atoms with Gasteiger partial charge >= 0.3 is 0 Å². The number of aromatic amines is 2. The fourth-order valence-electron chi connectivity index (χ4n) is 2.63. The van der Waals surface area contributed by atoms with Crippen molar-refractivity contribution in [3.63, 3.8) is 0 Å². The second kappa shape index (κ2) is 4.91. The minimum absolute atomic E-state index is 0.268. The smallest absolute Gasteiger partial charge is 0.275 e. The number of benzene rings is 1. The molecule has 0 radical (unpaired) electrons. The summed E-state index contributed by atoms with van der Waals surface area (Å²) in [7, 11) is 3.12. The summed E-state index contributed by atoms with van der Waals surface area (Å²) in [5.74, 6) is 2.03. The van der Waals surface area contributed by atoms with Crippen molar-refractivity contribution in [2.75, 3.05) is 14.2 Å². The zero-order chi connectivity index (χ0) is 16.0. The van der Waals surface area contributed by atoms with Crippen molar-refractivity contribution in [3.8, 4) is 23.1 Å². The van der Waals surface area contributed by atoms with E-state index in [2.05, 4.69) is 15.0 Å². The summed E-state index contributed by atoms with van der Waals surface area (Å²) in [5.41, 5.74) is 1.42. The lowest BCUT2D eigenvalue weighted by Crippen LogP contribution is -2.08. The van der Waals surface area contributed by atoms with Gasteiger partial charge in [0.1, 0.15) is 11.0 Å². The highest BCUT2D eigenvalue weighted by molar-refractivity contribution is 6.06. The van der Waals surface area contributed by atoms with Crippen LogP contribution in [0.1, 0.15) is 0 Å². The molecule has 1 aromatic carbocycles. The lowest BCUT2D eigenvalue weighted by atomic mass is 10.2. The first-order chi connectivity index (χ1) is 11.2. The van der Waals surface area contributed by atoms with Gasteiger partial charge < -0.3 is 23.9 Å². The Hall–Kier alpha value is -3.22. The van der Waals surface area contributed by atoms with Gasteiger partial charge in [-0.1, -0.05) is 0 Å². The number of rotatable bonds is 3. The molecule has 116 valence electrons. The van der Waals surface area contributed by atoms with Crippen LogP contribution >= 0.6 is 0 Å². The molecule has 0 aliphatic rings. The summed E-state index contributed by atoms with van der Waals surface area (Å²) < 4.78 is 15.9. The molecule has 23 heavy (non-hydrogen) atoms. The molecule has 4 aromatic rings. The number of fused-ring (bicyclic) bond motifs is 3. The van der Waals surface area contributed by atoms with E-state index < -0.39 is 0 Å². The molecule has 0 saturated heterocycles. The summed E-state index contributed by atoms with van der Waals surface area (Å²) in [6.45, 7) is 0. The molecule has 2 N–H and O–H groups in total. The van der Waals surface area contributed by atoms with Gasteiger partial charge in [-0.05, 0) is 18.2 Å². The summed E-state index contributed by atoms with van der Waals surface area (Å²) in [4.78, 5) is 22.7. The highest BCUT2D eigenvalue weighted by Crippen LogP contribution is 2.34. The van der Waals surface area contributed by atoms with Gasteiger partial charge in [0.2, 0.25) is 0 Å². The largest absolute Gasteiger partial charge is 0.493 e. The molecule has 0 saturated carbocycles. The maximum Gasteiger partial charge on any atom is 0.275 e. The molecule has 0 fully saturated rings. The van der Waals surface area contributed by atoms with Crippen molar-refractivity contribution in [3.05, 3.63) is 40.9 Å². The van der Waals surface area contributed by atoms with Crippen LogP contribution in [-0.4, -0.2) is 29.2 Å². The monoisotopic (exact) mass is 311 g/mol. The number of H-pyrrole nitrogens is 2. The van der Waals surface area contributed by atoms with E-state index in [4.69, 9.17) is 13.9 Å². The standard InChI is InChI=1S/C16H13N3O4/c1-21-11-6-8-9(7-12(11)22-2)17-14-13(8)18-15(19-16(14)20)10-4-3-5-23-10/h3-7,17H,1-2H3,(H,18,19,20). The summed E-state index contributed by atoms with van der Waals surface area (Å²) in [6.07, 6.45) is 1.53. The maximum atomic E-state index is 12.3. The summed E-state index contributed by atoms with van der Waals surface area (Å²) in [6, 6.07) is 7.05. The first-order valence-electron chi connectivity index (χ1n) is 6.93. The highest BCUT2D eigenvalue weighted by atomic mass is 16.5. The van der Waals surface area contributed by atoms with Crippen LogP contribution in [-0.2, 0) is 0 Å². The molecule has 4 rings (SSSR count). The second-order valence-electron chi connectivity index (χ2n) is 4.99. The Bertz CT molecular complexity index is 1060. The predicted molar refractivity (Wildman–Crippen MR) is 85.0 cm³/mol. The molecule has 0 atom stereocenters. The van der Waals surface area contributed by atoms with Crippen molar-refractivity contribution >= 4 is 21.9 Å². The van der Waals surface area contributed by atoms with E-state index in [1.54, 1.807) is 38.5 Å². The summed E-state index contributed by atoms with van der Waals surface area (Å²) in [5, 5.41) is 0.775. The Morgan fingerprint density at radius 2 is 1.91 bits per heavy atom. The molecule has 0 bridgehead atoms. The van der Waals surface area contributed by atoms with E-state index >= 15 is 0 Å². The fraction of sp³-hybridized carbons (Fsp3) is 0.125. The minimum atomic E-state index is -0.268. The van der Waals surface area contributed by atoms with Crippen molar-refractivity contribution < 1.29 is 13.9 Å². The Morgan fingerprint density at radius 3 is 2.61 bits per heavy atom. The van der Waals surface area contributed by atoms with Crippen LogP contribution in [0.2, 0.25) is 0 Å². The van der Waals surface area contributed by atoms with Crippen LogP contribution in [0.5, 0.6) is 11.5 Å². The fourth-order valence-corrected chi connectivity index (χ4v) is 2.63. The Kier molecular flexibility index (Phi) is 2.87. The number of furan rings is 1. The lowest BCUT2D eigenvalue weighted by Gasteiger charge is -2.06. The molecule has 0 spiro atoms. The Balaban J connectivity index is 2.08. The van der Waals surface area contributed by atoms with E-state index in [0.29, 0.717) is 34.1 Å². The highest BCUT2D eigenvalue weighted by Gasteiger charge is 2.16. The topological polar surface area (TPSA) is 93.1 Å². The number of ether oxygens (including phenoxy) is 2. The second-order valence-corrected chi connectivity index (χ2v) is 4.99. The molecule has 3 heterocycles. The molecule has 0 aliphatic heterocycles. The Labute approximate surface area is 129 Å². The van der Waals surface area contributed by atoms with E-state index in [0.717, 1.165) is 10.9 Å². The van der Waals surface area contributed by atoms with Crippen LogP contribution in [0.25, 0.3) is 33.5 Å². The molecule has 0 unspecified atom stereocenters. The number of aromatic nitrogens is 3. The zero-order valence-electron chi connectivity index (χ0n) is 12.5. The molecule has 7 nitrogen and oxygen atoms in total. The number of hydrogen-bond acceptors (Lipinski definition) is 5. The average Bonchev–Trinajstić information content (AvgIpc) is 3.21. The number of nitrogens with zero attached hydrogens (tertiary/aromatic N) is 1. The molecular weight excluding hydrogens is 298 g/mol. The molecule has 7 heteroatoms. The molecule has 0 amide bonds. The van der Waals surface area contributed by atoms with E-state index in [-0.39, 0.29) is 5.56 Å². The van der Waals surface area contributed by atoms with Crippen molar-refractivity contribution in [1.29, 1.82) is 0 Å². The molecular formula is C16H13N3O4. The predicted octanol–water partition coefficient (Wildman–Crippen LogP) is 2.68. The van der Waals surface area contributed by atoms with Gasteiger partial charge in [-0.2, -0.15) is 0 Å². The van der Waals surface area contributed by atoms with Crippen LogP contribution < -0.4 is 15.0 Å². The van der Waals surface area contributed by atoms with E-state index in [1.807, 2.05) is 0 Å². The first-order valence-corrected chi connectivity index (χ1v) is 6.93. The van der Waals surface area contributed by atoms with Gasteiger partial charge in [0.05, 0.1) is 26.0 Å². The summed E-state index contributed by atoms with van der Waals surface area (Å²) >= 11 is 0. The number of hydrogen-bond donors (Lipinski definition) is 2.